The molecule has 0 unspecified atom stereocenters. The molecule has 0 aliphatic heterocycles. The van der Waals surface area contributed by atoms with Crippen LogP contribution in [0, 0.1) is 5.82 Å². The number of carbonyl (C=O) groups excluding carboxylic acids is 2. The maximum atomic E-state index is 14.3. The van der Waals surface area contributed by atoms with E-state index in [1.807, 2.05) is 0 Å². The molecule has 25 heavy (non-hydrogen) atoms. The van der Waals surface area contributed by atoms with Crippen molar-refractivity contribution in [3.63, 3.8) is 0 Å². The van der Waals surface area contributed by atoms with Crippen LogP contribution in [0.15, 0.2) is 53.4 Å². The summed E-state index contributed by atoms with van der Waals surface area (Å²) in [4.78, 5) is 23.0. The predicted octanol–water partition coefficient (Wildman–Crippen LogP) is 2.62. The van der Waals surface area contributed by atoms with Gasteiger partial charge in [0, 0.05) is 18.5 Å². The Balaban J connectivity index is 1.74. The van der Waals surface area contributed by atoms with Gasteiger partial charge in [-0.2, -0.15) is 5.10 Å². The minimum atomic E-state index is -0.789. The number of hydrogen-bond acceptors (Lipinski definition) is 5. The number of hydrogen-bond donors (Lipinski definition) is 1. The molecule has 0 bridgehead atoms. The number of halogens is 1. The van der Waals surface area contributed by atoms with Gasteiger partial charge in [-0.3, -0.25) is 4.79 Å². The average molecular weight is 343 g/mol. The number of amides is 1. The Morgan fingerprint density at radius 3 is 2.76 bits per heavy atom. The lowest BCUT2D eigenvalue weighted by molar-refractivity contribution is 0.0336. The van der Waals surface area contributed by atoms with Crippen molar-refractivity contribution in [1.29, 1.82) is 0 Å². The Labute approximate surface area is 141 Å². The van der Waals surface area contributed by atoms with Crippen molar-refractivity contribution in [3.8, 4) is 5.69 Å². The van der Waals surface area contributed by atoms with Crippen molar-refractivity contribution in [3.05, 3.63) is 71.7 Å². The molecule has 0 spiro atoms. The Bertz CT molecular complexity index is 918. The molecule has 128 valence electrons. The Kier molecular flexibility index (Phi) is 4.34. The minimum Gasteiger partial charge on any atom is -0.458 e. The molecule has 2 heterocycles. The standard InChI is InChI=1S/C17H14FN3O4/c1-10(25-17(23)12-8-15(16(19)22)24-9-12)11-3-4-14(13(18)7-11)21-6-2-5-20-21/h2-10H,1H3,(H2,19,22)/t10-/m0/s1. The van der Waals surface area contributed by atoms with Gasteiger partial charge < -0.3 is 14.9 Å². The van der Waals surface area contributed by atoms with Crippen molar-refractivity contribution in [2.45, 2.75) is 13.0 Å². The van der Waals surface area contributed by atoms with E-state index in [2.05, 4.69) is 5.10 Å². The molecule has 3 aromatic rings. The molecule has 2 aromatic heterocycles. The van der Waals surface area contributed by atoms with Gasteiger partial charge in [0.2, 0.25) is 0 Å². The zero-order valence-electron chi connectivity index (χ0n) is 13.2. The van der Waals surface area contributed by atoms with E-state index < -0.39 is 23.8 Å². The van der Waals surface area contributed by atoms with Crippen molar-refractivity contribution in [1.82, 2.24) is 9.78 Å². The van der Waals surface area contributed by atoms with Crippen molar-refractivity contribution < 1.29 is 23.1 Å². The van der Waals surface area contributed by atoms with Crippen LogP contribution in [0.3, 0.4) is 0 Å². The summed E-state index contributed by atoms with van der Waals surface area (Å²) < 4.78 is 25.8. The molecule has 3 rings (SSSR count). The molecule has 0 aliphatic rings. The Morgan fingerprint density at radius 2 is 2.16 bits per heavy atom. The van der Waals surface area contributed by atoms with Crippen LogP contribution in [0.25, 0.3) is 5.69 Å². The maximum Gasteiger partial charge on any atom is 0.342 e. The number of esters is 1. The molecule has 1 atom stereocenters. The molecule has 0 fully saturated rings. The first-order chi connectivity index (χ1) is 12.0. The number of furan rings is 1. The van der Waals surface area contributed by atoms with Crippen LogP contribution < -0.4 is 5.73 Å². The Morgan fingerprint density at radius 1 is 1.36 bits per heavy atom. The molecule has 2 N–H and O–H groups in total. The number of rotatable bonds is 5. The topological polar surface area (TPSA) is 100 Å². The van der Waals surface area contributed by atoms with E-state index in [1.165, 1.54) is 16.8 Å². The number of carbonyl (C=O) groups is 2. The van der Waals surface area contributed by atoms with Gasteiger partial charge in [-0.25, -0.2) is 13.9 Å². The molecule has 0 saturated carbocycles. The predicted molar refractivity (Wildman–Crippen MR) is 84.6 cm³/mol. The fraction of sp³-hybridized carbons (Fsp3) is 0.118. The van der Waals surface area contributed by atoms with E-state index in [0.29, 0.717) is 5.56 Å². The van der Waals surface area contributed by atoms with Crippen LogP contribution in [0.1, 0.15) is 39.5 Å². The van der Waals surface area contributed by atoms with E-state index >= 15 is 0 Å². The lowest BCUT2D eigenvalue weighted by atomic mass is 10.1. The van der Waals surface area contributed by atoms with Gasteiger partial charge >= 0.3 is 5.97 Å². The summed E-state index contributed by atoms with van der Waals surface area (Å²) in [6, 6.07) is 7.34. The lowest BCUT2D eigenvalue weighted by Gasteiger charge is -2.14. The molecule has 8 heteroatoms. The molecule has 0 radical (unpaired) electrons. The molecule has 0 aliphatic carbocycles. The highest BCUT2D eigenvalue weighted by atomic mass is 19.1. The second-order valence-electron chi connectivity index (χ2n) is 5.27. The number of nitrogens with two attached hydrogens (primary N) is 1. The number of ether oxygens (including phenoxy) is 1. The summed E-state index contributed by atoms with van der Waals surface area (Å²) >= 11 is 0. The third-order valence-corrected chi connectivity index (χ3v) is 3.55. The summed E-state index contributed by atoms with van der Waals surface area (Å²) in [7, 11) is 0. The molecule has 1 amide bonds. The van der Waals surface area contributed by atoms with Crippen LogP contribution in [0.5, 0.6) is 0 Å². The molecule has 1 aromatic carbocycles. The number of benzene rings is 1. The second kappa shape index (κ2) is 6.60. The largest absolute Gasteiger partial charge is 0.458 e. The van der Waals surface area contributed by atoms with E-state index in [0.717, 1.165) is 6.26 Å². The first kappa shape index (κ1) is 16.4. The number of aromatic nitrogens is 2. The van der Waals surface area contributed by atoms with Crippen LogP contribution in [-0.2, 0) is 4.74 Å². The molecular weight excluding hydrogens is 329 g/mol. The molecule has 0 saturated heterocycles. The summed E-state index contributed by atoms with van der Waals surface area (Å²) in [5.41, 5.74) is 5.87. The first-order valence-electron chi connectivity index (χ1n) is 7.34. The van der Waals surface area contributed by atoms with Gasteiger partial charge in [0.05, 0.1) is 5.56 Å². The van der Waals surface area contributed by atoms with E-state index in [-0.39, 0.29) is 17.0 Å². The monoisotopic (exact) mass is 343 g/mol. The highest BCUT2D eigenvalue weighted by Gasteiger charge is 2.19. The lowest BCUT2D eigenvalue weighted by Crippen LogP contribution is -2.11. The summed E-state index contributed by atoms with van der Waals surface area (Å²) in [5, 5.41) is 3.97. The van der Waals surface area contributed by atoms with Crippen LogP contribution in [-0.4, -0.2) is 21.7 Å². The normalized spacial score (nSPS) is 11.9. The zero-order valence-corrected chi connectivity index (χ0v) is 13.2. The fourth-order valence-corrected chi connectivity index (χ4v) is 2.24. The second-order valence-corrected chi connectivity index (χ2v) is 5.27. The summed E-state index contributed by atoms with van der Waals surface area (Å²) in [5.74, 6) is -2.14. The summed E-state index contributed by atoms with van der Waals surface area (Å²) in [6.07, 6.45) is 3.54. The smallest absolute Gasteiger partial charge is 0.342 e. The van der Waals surface area contributed by atoms with Crippen molar-refractivity contribution in [2.75, 3.05) is 0 Å². The van der Waals surface area contributed by atoms with Crippen molar-refractivity contribution in [2.24, 2.45) is 5.73 Å². The summed E-state index contributed by atoms with van der Waals surface area (Å²) in [6.45, 7) is 1.61. The number of nitrogens with zero attached hydrogens (tertiary/aromatic N) is 2. The highest BCUT2D eigenvalue weighted by Crippen LogP contribution is 2.23. The maximum absolute atomic E-state index is 14.3. The highest BCUT2D eigenvalue weighted by molar-refractivity contribution is 5.95. The van der Waals surface area contributed by atoms with Gasteiger partial charge in [0.1, 0.15) is 23.9 Å². The van der Waals surface area contributed by atoms with E-state index in [9.17, 15) is 14.0 Å². The third-order valence-electron chi connectivity index (χ3n) is 3.55. The van der Waals surface area contributed by atoms with Gasteiger partial charge in [0.25, 0.3) is 5.91 Å². The van der Waals surface area contributed by atoms with E-state index in [1.54, 1.807) is 37.5 Å². The van der Waals surface area contributed by atoms with Gasteiger partial charge in [0.15, 0.2) is 5.76 Å². The van der Waals surface area contributed by atoms with Crippen LogP contribution >= 0.6 is 0 Å². The van der Waals surface area contributed by atoms with Crippen LogP contribution in [0.2, 0.25) is 0 Å². The Hall–Kier alpha value is -3.42. The number of primary amides is 1. The quantitative estimate of drug-likeness (QED) is 0.718. The van der Waals surface area contributed by atoms with Gasteiger partial charge in [-0.15, -0.1) is 0 Å². The van der Waals surface area contributed by atoms with Gasteiger partial charge in [-0.05, 0) is 30.7 Å². The minimum absolute atomic E-state index is 0.0503. The average Bonchev–Trinajstić information content (AvgIpc) is 3.26. The van der Waals surface area contributed by atoms with E-state index in [4.69, 9.17) is 14.9 Å². The third kappa shape index (κ3) is 3.42. The zero-order chi connectivity index (χ0) is 18.0. The molecule has 7 nitrogen and oxygen atoms in total. The molecular formula is C17H14FN3O4. The van der Waals surface area contributed by atoms with Crippen LogP contribution in [0.4, 0.5) is 4.39 Å². The van der Waals surface area contributed by atoms with Gasteiger partial charge in [-0.1, -0.05) is 6.07 Å². The fourth-order valence-electron chi connectivity index (χ4n) is 2.24. The van der Waals surface area contributed by atoms with Crippen molar-refractivity contribution >= 4 is 11.9 Å². The first-order valence-corrected chi connectivity index (χ1v) is 7.34. The SMILES string of the molecule is C[C@H](OC(=O)c1coc(C(N)=O)c1)c1ccc(-n2cccn2)c(F)c1.